The van der Waals surface area contributed by atoms with Crippen LogP contribution in [0.5, 0.6) is 0 Å². The van der Waals surface area contributed by atoms with E-state index in [9.17, 15) is 0 Å². The molecule has 1 aromatic rings. The minimum absolute atomic E-state index is 0.614. The Labute approximate surface area is 90.8 Å². The van der Waals surface area contributed by atoms with Gasteiger partial charge in [0.2, 0.25) is 0 Å². The molecule has 0 aromatic heterocycles. The molecule has 2 nitrogen and oxygen atoms in total. The Morgan fingerprint density at radius 1 is 1.33 bits per heavy atom. The van der Waals surface area contributed by atoms with E-state index >= 15 is 0 Å². The zero-order valence-corrected chi connectivity index (χ0v) is 8.78. The van der Waals surface area contributed by atoms with Crippen molar-refractivity contribution in [1.29, 1.82) is 5.26 Å². The van der Waals surface area contributed by atoms with E-state index in [2.05, 4.69) is 12.6 Å². The molecule has 0 aliphatic rings. The predicted molar refractivity (Wildman–Crippen MR) is 60.2 cm³/mol. The van der Waals surface area contributed by atoms with Crippen LogP contribution in [0, 0.1) is 11.3 Å². The Morgan fingerprint density at radius 3 is 2.67 bits per heavy atom. The number of nitriles is 1. The van der Waals surface area contributed by atoms with E-state index in [1.54, 1.807) is 0 Å². The largest absolute Gasteiger partial charge is 0.377 e. The maximum atomic E-state index is 8.61. The van der Waals surface area contributed by atoms with Crippen LogP contribution in [0.15, 0.2) is 36.9 Å². The van der Waals surface area contributed by atoms with Gasteiger partial charge in [0, 0.05) is 6.61 Å². The quantitative estimate of drug-likeness (QED) is 0.523. The second kappa shape index (κ2) is 6.80. The van der Waals surface area contributed by atoms with Gasteiger partial charge in [0.15, 0.2) is 0 Å². The molecule has 0 heterocycles. The van der Waals surface area contributed by atoms with Crippen molar-refractivity contribution < 1.29 is 4.74 Å². The average Bonchev–Trinajstić information content (AvgIpc) is 2.30. The Bertz CT molecular complexity index is 335. The molecule has 0 N–H and O–H groups in total. The third-order valence-corrected chi connectivity index (χ3v) is 2.05. The fourth-order valence-electron chi connectivity index (χ4n) is 1.20. The van der Waals surface area contributed by atoms with E-state index in [-0.39, 0.29) is 0 Å². The van der Waals surface area contributed by atoms with Crippen molar-refractivity contribution in [3.05, 3.63) is 48.0 Å². The van der Waals surface area contributed by atoms with Crippen molar-refractivity contribution in [2.45, 2.75) is 19.4 Å². The second-order valence-corrected chi connectivity index (χ2v) is 3.29. The molecule has 0 bridgehead atoms. The van der Waals surface area contributed by atoms with Crippen molar-refractivity contribution in [3.63, 3.8) is 0 Å². The molecule has 0 amide bonds. The first-order valence-electron chi connectivity index (χ1n) is 5.04. The summed E-state index contributed by atoms with van der Waals surface area (Å²) in [4.78, 5) is 0. The lowest BCUT2D eigenvalue weighted by Gasteiger charge is -2.03. The fraction of sp³-hybridized carbons (Fsp3) is 0.308. The van der Waals surface area contributed by atoms with E-state index in [1.165, 1.54) is 0 Å². The molecule has 1 rings (SSSR count). The lowest BCUT2D eigenvalue weighted by atomic mass is 10.2. The SMILES string of the molecule is C=CCCCOCc1ccc(C#N)cc1. The molecule has 2 heteroatoms. The Kier molecular flexibility index (Phi) is 5.21. The number of nitrogens with zero attached hydrogens (tertiary/aromatic N) is 1. The monoisotopic (exact) mass is 201 g/mol. The van der Waals surface area contributed by atoms with Crippen LogP contribution in [0.4, 0.5) is 0 Å². The maximum Gasteiger partial charge on any atom is 0.0991 e. The van der Waals surface area contributed by atoms with Crippen LogP contribution in [0.25, 0.3) is 0 Å². The predicted octanol–water partition coefficient (Wildman–Crippen LogP) is 3.04. The van der Waals surface area contributed by atoms with Crippen LogP contribution >= 0.6 is 0 Å². The molecule has 0 aliphatic carbocycles. The summed E-state index contributed by atoms with van der Waals surface area (Å²) >= 11 is 0. The standard InChI is InChI=1S/C13H15NO/c1-2-3-4-9-15-11-13-7-5-12(10-14)6-8-13/h2,5-8H,1,3-4,9,11H2. The van der Waals surface area contributed by atoms with Gasteiger partial charge in [-0.25, -0.2) is 0 Å². The first-order chi connectivity index (χ1) is 7.36. The third kappa shape index (κ3) is 4.44. The van der Waals surface area contributed by atoms with E-state index in [0.29, 0.717) is 12.2 Å². The molecular formula is C13H15NO. The van der Waals surface area contributed by atoms with Gasteiger partial charge in [-0.1, -0.05) is 18.2 Å². The summed E-state index contributed by atoms with van der Waals surface area (Å²) in [5.74, 6) is 0. The molecule has 1 aromatic carbocycles. The van der Waals surface area contributed by atoms with Crippen LogP contribution in [0.3, 0.4) is 0 Å². The zero-order valence-electron chi connectivity index (χ0n) is 8.78. The van der Waals surface area contributed by atoms with E-state index < -0.39 is 0 Å². The average molecular weight is 201 g/mol. The Hall–Kier alpha value is -1.59. The number of benzene rings is 1. The minimum Gasteiger partial charge on any atom is -0.377 e. The van der Waals surface area contributed by atoms with Gasteiger partial charge in [-0.3, -0.25) is 0 Å². The zero-order chi connectivity index (χ0) is 10.9. The summed E-state index contributed by atoms with van der Waals surface area (Å²) in [7, 11) is 0. The van der Waals surface area contributed by atoms with E-state index in [1.807, 2.05) is 30.3 Å². The summed E-state index contributed by atoms with van der Waals surface area (Å²) in [6.07, 6.45) is 3.90. The number of hydrogen-bond acceptors (Lipinski definition) is 2. The van der Waals surface area contributed by atoms with Gasteiger partial charge in [-0.05, 0) is 30.5 Å². The van der Waals surface area contributed by atoms with Crippen molar-refractivity contribution in [1.82, 2.24) is 0 Å². The van der Waals surface area contributed by atoms with Crippen LogP contribution < -0.4 is 0 Å². The molecule has 15 heavy (non-hydrogen) atoms. The molecule has 0 fully saturated rings. The highest BCUT2D eigenvalue weighted by Crippen LogP contribution is 2.05. The molecule has 0 aliphatic heterocycles. The van der Waals surface area contributed by atoms with Gasteiger partial charge in [0.1, 0.15) is 0 Å². The van der Waals surface area contributed by atoms with Crippen molar-refractivity contribution in [2.24, 2.45) is 0 Å². The summed E-state index contributed by atoms with van der Waals surface area (Å²) in [5, 5.41) is 8.61. The highest BCUT2D eigenvalue weighted by Gasteiger charge is 1.94. The molecule has 78 valence electrons. The van der Waals surface area contributed by atoms with Gasteiger partial charge >= 0.3 is 0 Å². The molecule has 0 spiro atoms. The summed E-state index contributed by atoms with van der Waals surface area (Å²) < 4.78 is 5.46. The molecule has 0 unspecified atom stereocenters. The number of hydrogen-bond donors (Lipinski definition) is 0. The van der Waals surface area contributed by atoms with Crippen LogP contribution in [-0.4, -0.2) is 6.61 Å². The van der Waals surface area contributed by atoms with E-state index in [0.717, 1.165) is 25.0 Å². The van der Waals surface area contributed by atoms with Crippen molar-refractivity contribution in [3.8, 4) is 6.07 Å². The molecule has 0 atom stereocenters. The van der Waals surface area contributed by atoms with Gasteiger partial charge in [-0.2, -0.15) is 5.26 Å². The second-order valence-electron chi connectivity index (χ2n) is 3.29. The highest BCUT2D eigenvalue weighted by molar-refractivity contribution is 5.31. The van der Waals surface area contributed by atoms with Gasteiger partial charge in [-0.15, -0.1) is 6.58 Å². The minimum atomic E-state index is 0.614. The number of unbranched alkanes of at least 4 members (excludes halogenated alkanes) is 1. The third-order valence-electron chi connectivity index (χ3n) is 2.05. The maximum absolute atomic E-state index is 8.61. The normalized spacial score (nSPS) is 9.53. The molecule has 0 saturated carbocycles. The van der Waals surface area contributed by atoms with Crippen molar-refractivity contribution in [2.75, 3.05) is 6.61 Å². The summed E-state index contributed by atoms with van der Waals surface area (Å²) in [6.45, 7) is 5.02. The highest BCUT2D eigenvalue weighted by atomic mass is 16.5. The Balaban J connectivity index is 2.26. The number of ether oxygens (including phenoxy) is 1. The molecular weight excluding hydrogens is 186 g/mol. The first-order valence-corrected chi connectivity index (χ1v) is 5.04. The lowest BCUT2D eigenvalue weighted by molar-refractivity contribution is 0.119. The van der Waals surface area contributed by atoms with Crippen molar-refractivity contribution >= 4 is 0 Å². The molecule has 0 radical (unpaired) electrons. The molecule has 0 saturated heterocycles. The van der Waals surface area contributed by atoms with Crippen LogP contribution in [-0.2, 0) is 11.3 Å². The fourth-order valence-corrected chi connectivity index (χ4v) is 1.20. The van der Waals surface area contributed by atoms with E-state index in [4.69, 9.17) is 10.00 Å². The summed E-state index contributed by atoms with van der Waals surface area (Å²) in [6, 6.07) is 9.55. The van der Waals surface area contributed by atoms with Gasteiger partial charge < -0.3 is 4.74 Å². The number of allylic oxidation sites excluding steroid dienone is 1. The number of rotatable bonds is 6. The Morgan fingerprint density at radius 2 is 2.07 bits per heavy atom. The van der Waals surface area contributed by atoms with Crippen LogP contribution in [0.2, 0.25) is 0 Å². The van der Waals surface area contributed by atoms with Crippen LogP contribution in [0.1, 0.15) is 24.0 Å². The first kappa shape index (κ1) is 11.5. The lowest BCUT2D eigenvalue weighted by Crippen LogP contribution is -1.94. The van der Waals surface area contributed by atoms with Gasteiger partial charge in [0.05, 0.1) is 18.2 Å². The van der Waals surface area contributed by atoms with Gasteiger partial charge in [0.25, 0.3) is 0 Å². The summed E-state index contributed by atoms with van der Waals surface area (Å²) in [5.41, 5.74) is 1.79. The smallest absolute Gasteiger partial charge is 0.0991 e. The topological polar surface area (TPSA) is 33.0 Å².